The Morgan fingerprint density at radius 2 is 1.21 bits per heavy atom. The zero-order chi connectivity index (χ0) is 26.6. The fourth-order valence-corrected chi connectivity index (χ4v) is 4.60. The van der Waals surface area contributed by atoms with Crippen LogP contribution in [0.3, 0.4) is 0 Å². The molecule has 0 aliphatic rings. The van der Waals surface area contributed by atoms with Crippen LogP contribution in [0, 0.1) is 0 Å². The molecule has 0 atom stereocenters. The van der Waals surface area contributed by atoms with E-state index >= 15 is 0 Å². The molecule has 2 amide bonds. The van der Waals surface area contributed by atoms with Crippen LogP contribution in [0.2, 0.25) is 0 Å². The largest absolute Gasteiger partial charge is 0.348 e. The Morgan fingerprint density at radius 3 is 1.87 bits per heavy atom. The molecule has 7 nitrogen and oxygen atoms in total. The van der Waals surface area contributed by atoms with Crippen molar-refractivity contribution in [2.75, 3.05) is 5.32 Å². The van der Waals surface area contributed by atoms with Gasteiger partial charge in [0.2, 0.25) is 0 Å². The van der Waals surface area contributed by atoms with Crippen molar-refractivity contribution in [3.05, 3.63) is 138 Å². The molecule has 190 valence electrons. The summed E-state index contributed by atoms with van der Waals surface area (Å²) < 4.78 is 1.86. The number of carbonyl (C=O) groups is 2. The minimum absolute atomic E-state index is 0.277. The lowest BCUT2D eigenvalue weighted by Crippen LogP contribution is -2.25. The van der Waals surface area contributed by atoms with Gasteiger partial charge in [0.25, 0.3) is 11.8 Å². The van der Waals surface area contributed by atoms with Crippen molar-refractivity contribution in [1.29, 1.82) is 0 Å². The van der Waals surface area contributed by atoms with E-state index in [4.69, 9.17) is 9.97 Å². The number of aromatic nitrogens is 3. The van der Waals surface area contributed by atoms with Gasteiger partial charge in [-0.3, -0.25) is 9.59 Å². The number of hydrogen-bond donors (Lipinski definition) is 2. The van der Waals surface area contributed by atoms with Crippen LogP contribution in [0.5, 0.6) is 0 Å². The van der Waals surface area contributed by atoms with E-state index in [2.05, 4.69) is 10.6 Å². The van der Waals surface area contributed by atoms with Crippen LogP contribution in [-0.4, -0.2) is 26.3 Å². The van der Waals surface area contributed by atoms with Crippen molar-refractivity contribution in [3.63, 3.8) is 0 Å². The second-order valence-corrected chi connectivity index (χ2v) is 9.17. The molecule has 39 heavy (non-hydrogen) atoms. The Kier molecular flexibility index (Phi) is 6.53. The Bertz CT molecular complexity index is 1780. The summed E-state index contributed by atoms with van der Waals surface area (Å²) in [6, 6.07) is 36.0. The predicted molar refractivity (Wildman–Crippen MR) is 153 cm³/mol. The number of nitrogens with zero attached hydrogens (tertiary/aromatic N) is 3. The topological polar surface area (TPSA) is 88.9 Å². The van der Waals surface area contributed by atoms with Crippen molar-refractivity contribution < 1.29 is 9.59 Å². The monoisotopic (exact) mass is 511 g/mol. The predicted octanol–water partition coefficient (Wildman–Crippen LogP) is 5.82. The molecule has 2 aromatic heterocycles. The van der Waals surface area contributed by atoms with Gasteiger partial charge in [-0.25, -0.2) is 9.97 Å². The molecule has 0 unspecified atom stereocenters. The third-order valence-electron chi connectivity index (χ3n) is 6.53. The molecule has 0 spiro atoms. The van der Waals surface area contributed by atoms with Gasteiger partial charge in [-0.05, 0) is 35.4 Å². The minimum atomic E-state index is -0.344. The number of anilines is 1. The lowest BCUT2D eigenvalue weighted by Gasteiger charge is -2.13. The Balaban J connectivity index is 1.53. The highest BCUT2D eigenvalue weighted by Gasteiger charge is 2.27. The van der Waals surface area contributed by atoms with Crippen LogP contribution in [0.1, 0.15) is 31.8 Å². The third kappa shape index (κ3) is 4.98. The molecule has 2 heterocycles. The van der Waals surface area contributed by atoms with Gasteiger partial charge in [0.1, 0.15) is 16.9 Å². The maximum Gasteiger partial charge on any atom is 0.257 e. The second kappa shape index (κ2) is 10.6. The van der Waals surface area contributed by atoms with Crippen molar-refractivity contribution >= 4 is 39.8 Å². The molecule has 0 saturated carbocycles. The van der Waals surface area contributed by atoms with Crippen LogP contribution in [0.25, 0.3) is 22.2 Å². The maximum atomic E-state index is 13.8. The average Bonchev–Trinajstić information content (AvgIpc) is 3.27. The molecular formula is C32H25N5O2. The summed E-state index contributed by atoms with van der Waals surface area (Å²) in [4.78, 5) is 37.0. The van der Waals surface area contributed by atoms with Crippen molar-refractivity contribution in [2.24, 2.45) is 0 Å². The van der Waals surface area contributed by atoms with E-state index < -0.39 is 0 Å². The summed E-state index contributed by atoms with van der Waals surface area (Å²) in [7, 11) is 0. The average molecular weight is 512 g/mol. The van der Waals surface area contributed by atoms with E-state index in [0.717, 1.165) is 11.1 Å². The van der Waals surface area contributed by atoms with Crippen molar-refractivity contribution in [1.82, 2.24) is 19.9 Å². The van der Waals surface area contributed by atoms with Gasteiger partial charge in [-0.1, -0.05) is 91.0 Å². The molecule has 6 aromatic rings. The van der Waals surface area contributed by atoms with Gasteiger partial charge < -0.3 is 15.2 Å². The van der Waals surface area contributed by atoms with Gasteiger partial charge >= 0.3 is 0 Å². The number of amides is 2. The van der Waals surface area contributed by atoms with Crippen molar-refractivity contribution in [2.45, 2.75) is 13.1 Å². The number of carbonyl (C=O) groups excluding carboxylic acids is 2. The van der Waals surface area contributed by atoms with E-state index in [1.807, 2.05) is 95.6 Å². The fourth-order valence-electron chi connectivity index (χ4n) is 4.60. The highest BCUT2D eigenvalue weighted by molar-refractivity contribution is 6.15. The number of benzene rings is 4. The Hall–Kier alpha value is -5.30. The number of para-hydroxylation sites is 2. The summed E-state index contributed by atoms with van der Waals surface area (Å²) in [5.41, 5.74) is 5.04. The first-order valence-electron chi connectivity index (χ1n) is 12.7. The first kappa shape index (κ1) is 24.1. The third-order valence-corrected chi connectivity index (χ3v) is 6.53. The molecule has 0 aliphatic carbocycles. The summed E-state index contributed by atoms with van der Waals surface area (Å²) in [6.45, 7) is 0.721. The van der Waals surface area contributed by atoms with E-state index in [1.54, 1.807) is 24.3 Å². The zero-order valence-electron chi connectivity index (χ0n) is 21.0. The molecule has 0 fully saturated rings. The molecule has 0 radical (unpaired) electrons. The standard InChI is InChI=1S/C32H25N5O2/c38-31(24-16-8-3-9-17-24)36-29-27(32(39)33-20-22-12-4-1-5-13-22)28-30(35-26-19-11-10-18-25(26)34-28)37(29)21-23-14-6-2-7-15-23/h1-19H,20-21H2,(H,33,39)(H,36,38). The summed E-state index contributed by atoms with van der Waals surface area (Å²) >= 11 is 0. The Morgan fingerprint density at radius 1 is 0.641 bits per heavy atom. The molecule has 0 bridgehead atoms. The van der Waals surface area contributed by atoms with E-state index in [1.165, 1.54) is 0 Å². The molecular weight excluding hydrogens is 486 g/mol. The smallest absolute Gasteiger partial charge is 0.257 e. The summed E-state index contributed by atoms with van der Waals surface area (Å²) in [5.74, 6) is -0.318. The van der Waals surface area contributed by atoms with Gasteiger partial charge in [0, 0.05) is 12.1 Å². The maximum absolute atomic E-state index is 13.8. The van der Waals surface area contributed by atoms with Crippen LogP contribution in [-0.2, 0) is 13.1 Å². The lowest BCUT2D eigenvalue weighted by molar-refractivity contribution is 0.0953. The van der Waals surface area contributed by atoms with Crippen LogP contribution < -0.4 is 10.6 Å². The quantitative estimate of drug-likeness (QED) is 0.283. The number of nitrogens with one attached hydrogen (secondary N) is 2. The number of fused-ring (bicyclic) bond motifs is 2. The SMILES string of the molecule is O=C(Nc1c(C(=O)NCc2ccccc2)c2nc3ccccc3nc2n1Cc1ccccc1)c1ccccc1. The first-order valence-corrected chi connectivity index (χ1v) is 12.7. The van der Waals surface area contributed by atoms with Crippen LogP contribution in [0.4, 0.5) is 5.82 Å². The zero-order valence-corrected chi connectivity index (χ0v) is 21.0. The minimum Gasteiger partial charge on any atom is -0.348 e. The number of hydrogen-bond acceptors (Lipinski definition) is 4. The summed E-state index contributed by atoms with van der Waals surface area (Å²) in [6.07, 6.45) is 0. The molecule has 0 saturated heterocycles. The highest BCUT2D eigenvalue weighted by Crippen LogP contribution is 2.31. The second-order valence-electron chi connectivity index (χ2n) is 9.17. The highest BCUT2D eigenvalue weighted by atomic mass is 16.2. The Labute approximate surface area is 225 Å². The lowest BCUT2D eigenvalue weighted by atomic mass is 10.2. The van der Waals surface area contributed by atoms with Crippen molar-refractivity contribution in [3.8, 4) is 0 Å². The molecule has 6 rings (SSSR count). The molecule has 0 aliphatic heterocycles. The van der Waals surface area contributed by atoms with Gasteiger partial charge in [-0.15, -0.1) is 0 Å². The van der Waals surface area contributed by atoms with E-state index in [9.17, 15) is 9.59 Å². The molecule has 2 N–H and O–H groups in total. The van der Waals surface area contributed by atoms with E-state index in [0.29, 0.717) is 46.7 Å². The van der Waals surface area contributed by atoms with Gasteiger partial charge in [0.05, 0.1) is 17.6 Å². The molecule has 7 heteroatoms. The summed E-state index contributed by atoms with van der Waals surface area (Å²) in [5, 5.41) is 6.04. The fraction of sp³-hybridized carbons (Fsp3) is 0.0625. The van der Waals surface area contributed by atoms with Crippen LogP contribution >= 0.6 is 0 Å². The normalized spacial score (nSPS) is 11.0. The van der Waals surface area contributed by atoms with Crippen LogP contribution in [0.15, 0.2) is 115 Å². The van der Waals surface area contributed by atoms with Gasteiger partial charge in [0.15, 0.2) is 5.65 Å². The first-order chi connectivity index (χ1) is 19.2. The molecule has 4 aromatic carbocycles. The van der Waals surface area contributed by atoms with E-state index in [-0.39, 0.29) is 17.4 Å². The van der Waals surface area contributed by atoms with Gasteiger partial charge in [-0.2, -0.15) is 0 Å². The number of rotatable bonds is 7.